The molecule has 2 aliphatic heterocycles. The van der Waals surface area contributed by atoms with Crippen LogP contribution in [-0.4, -0.2) is 45.7 Å². The predicted molar refractivity (Wildman–Crippen MR) is 130 cm³/mol. The molecule has 1 aromatic heterocycles. The topological polar surface area (TPSA) is 24.3 Å². The maximum absolute atomic E-state index is 6.49. The Morgan fingerprint density at radius 3 is 2.52 bits per heavy atom. The molecule has 162 valence electrons. The third-order valence-electron chi connectivity index (χ3n) is 6.70. The summed E-state index contributed by atoms with van der Waals surface area (Å²) in [5.41, 5.74) is 5.91. The summed E-state index contributed by atoms with van der Waals surface area (Å²) in [6, 6.07) is 12.4. The van der Waals surface area contributed by atoms with Crippen molar-refractivity contribution in [3.05, 3.63) is 70.0 Å². The fourth-order valence-corrected chi connectivity index (χ4v) is 5.43. The molecule has 0 amide bonds. The van der Waals surface area contributed by atoms with Gasteiger partial charge < -0.3 is 4.57 Å². The van der Waals surface area contributed by atoms with E-state index in [0.29, 0.717) is 10.0 Å². The molecule has 3 heterocycles. The molecule has 1 atom stereocenters. The average Bonchev–Trinajstić information content (AvgIpc) is 3.23. The Hall–Kier alpha value is -1.85. The van der Waals surface area contributed by atoms with Crippen LogP contribution < -0.4 is 0 Å². The zero-order chi connectivity index (χ0) is 21.4. The van der Waals surface area contributed by atoms with Crippen LogP contribution in [0, 0.1) is 0 Å². The quantitative estimate of drug-likeness (QED) is 0.452. The molecule has 6 heteroatoms. The Bertz CT molecular complexity index is 1110. The maximum atomic E-state index is 6.49. The van der Waals surface area contributed by atoms with Crippen LogP contribution in [0.2, 0.25) is 10.0 Å². The van der Waals surface area contributed by atoms with Gasteiger partial charge in [0.25, 0.3) is 0 Å². The van der Waals surface area contributed by atoms with Crippen LogP contribution in [0.25, 0.3) is 16.6 Å². The van der Waals surface area contributed by atoms with Crippen LogP contribution in [0.1, 0.15) is 49.8 Å². The number of hydrazine groups is 1. The SMILES string of the molecule is C[C@H](c1ccc(Cl)cc1Cl)n1cnc2ccc(C3=CCN(N4CCCCC4)CC3)cc21. The normalized spacial score (nSPS) is 19.5. The van der Waals surface area contributed by atoms with Crippen LogP contribution in [0.4, 0.5) is 0 Å². The van der Waals surface area contributed by atoms with Crippen LogP contribution in [0.3, 0.4) is 0 Å². The summed E-state index contributed by atoms with van der Waals surface area (Å²) in [6.45, 7) is 6.67. The van der Waals surface area contributed by atoms with Crippen molar-refractivity contribution >= 4 is 39.8 Å². The van der Waals surface area contributed by atoms with E-state index >= 15 is 0 Å². The molecule has 4 nitrogen and oxygen atoms in total. The summed E-state index contributed by atoms with van der Waals surface area (Å²) < 4.78 is 2.21. The van der Waals surface area contributed by atoms with Crippen LogP contribution in [0.15, 0.2) is 48.8 Å². The van der Waals surface area contributed by atoms with E-state index in [1.807, 2.05) is 18.5 Å². The van der Waals surface area contributed by atoms with Gasteiger partial charge in [0, 0.05) is 36.2 Å². The van der Waals surface area contributed by atoms with Gasteiger partial charge in [0.2, 0.25) is 0 Å². The molecular weight excluding hydrogens is 427 g/mol. The molecule has 2 aromatic carbocycles. The summed E-state index contributed by atoms with van der Waals surface area (Å²) in [7, 11) is 0. The van der Waals surface area contributed by atoms with Crippen molar-refractivity contribution in [3.63, 3.8) is 0 Å². The second kappa shape index (κ2) is 8.95. The van der Waals surface area contributed by atoms with E-state index in [-0.39, 0.29) is 6.04 Å². The number of hydrogen-bond acceptors (Lipinski definition) is 3. The highest BCUT2D eigenvalue weighted by Gasteiger charge is 2.21. The lowest BCUT2D eigenvalue weighted by Crippen LogP contribution is -2.47. The van der Waals surface area contributed by atoms with E-state index < -0.39 is 0 Å². The van der Waals surface area contributed by atoms with E-state index in [0.717, 1.165) is 36.1 Å². The third kappa shape index (κ3) is 4.27. The van der Waals surface area contributed by atoms with Gasteiger partial charge in [-0.25, -0.2) is 15.0 Å². The minimum absolute atomic E-state index is 0.0694. The minimum atomic E-state index is 0.0694. The second-order valence-electron chi connectivity index (χ2n) is 8.60. The average molecular weight is 455 g/mol. The fraction of sp³-hybridized carbons (Fsp3) is 0.400. The van der Waals surface area contributed by atoms with Gasteiger partial charge in [0.15, 0.2) is 0 Å². The summed E-state index contributed by atoms with van der Waals surface area (Å²) in [6.07, 6.45) is 9.41. The first-order chi connectivity index (χ1) is 15.1. The highest BCUT2D eigenvalue weighted by molar-refractivity contribution is 6.35. The fourth-order valence-electron chi connectivity index (χ4n) is 4.86. The Labute approximate surface area is 194 Å². The third-order valence-corrected chi connectivity index (χ3v) is 7.26. The highest BCUT2D eigenvalue weighted by atomic mass is 35.5. The van der Waals surface area contributed by atoms with Gasteiger partial charge in [0.05, 0.1) is 23.4 Å². The van der Waals surface area contributed by atoms with Crippen molar-refractivity contribution < 1.29 is 0 Å². The van der Waals surface area contributed by atoms with Gasteiger partial charge in [-0.05, 0) is 67.2 Å². The van der Waals surface area contributed by atoms with Crippen LogP contribution >= 0.6 is 23.2 Å². The molecule has 0 radical (unpaired) electrons. The molecule has 0 saturated carbocycles. The zero-order valence-electron chi connectivity index (χ0n) is 17.9. The molecule has 2 aliphatic rings. The zero-order valence-corrected chi connectivity index (χ0v) is 19.4. The maximum Gasteiger partial charge on any atom is 0.0964 e. The number of imidazole rings is 1. The number of rotatable bonds is 4. The first-order valence-electron chi connectivity index (χ1n) is 11.2. The van der Waals surface area contributed by atoms with Crippen molar-refractivity contribution in [1.82, 2.24) is 19.6 Å². The number of halogens is 2. The Kier molecular flexibility index (Phi) is 6.07. The molecule has 0 unspecified atom stereocenters. The van der Waals surface area contributed by atoms with Gasteiger partial charge in [-0.1, -0.05) is 47.8 Å². The molecule has 3 aromatic rings. The molecule has 0 bridgehead atoms. The second-order valence-corrected chi connectivity index (χ2v) is 9.45. The number of hydrogen-bond donors (Lipinski definition) is 0. The van der Waals surface area contributed by atoms with Gasteiger partial charge >= 0.3 is 0 Å². The van der Waals surface area contributed by atoms with E-state index in [1.165, 1.54) is 43.5 Å². The summed E-state index contributed by atoms with van der Waals surface area (Å²) in [5.74, 6) is 0. The highest BCUT2D eigenvalue weighted by Crippen LogP contribution is 2.32. The monoisotopic (exact) mass is 454 g/mol. The summed E-state index contributed by atoms with van der Waals surface area (Å²) in [4.78, 5) is 4.63. The molecule has 1 fully saturated rings. The molecule has 0 aliphatic carbocycles. The molecule has 31 heavy (non-hydrogen) atoms. The van der Waals surface area contributed by atoms with Gasteiger partial charge in [-0.3, -0.25) is 0 Å². The predicted octanol–water partition coefficient (Wildman–Crippen LogP) is 6.44. The number of aromatic nitrogens is 2. The molecule has 0 N–H and O–H groups in total. The van der Waals surface area contributed by atoms with Crippen molar-refractivity contribution in [2.45, 2.75) is 38.6 Å². The lowest BCUT2D eigenvalue weighted by atomic mass is 9.99. The first-order valence-corrected chi connectivity index (χ1v) is 12.0. The molecule has 0 spiro atoms. The van der Waals surface area contributed by atoms with Gasteiger partial charge in [-0.2, -0.15) is 0 Å². The Morgan fingerprint density at radius 2 is 1.77 bits per heavy atom. The summed E-state index contributed by atoms with van der Waals surface area (Å²) >= 11 is 12.6. The largest absolute Gasteiger partial charge is 0.323 e. The van der Waals surface area contributed by atoms with E-state index in [2.05, 4.69) is 50.8 Å². The standard InChI is InChI=1S/C25H28Cl2N4/c1-18(22-7-6-21(26)16-23(22)27)31-17-28-24-8-5-20(15-25(24)31)19-9-13-30(14-10-19)29-11-3-2-4-12-29/h5-9,15-18H,2-4,10-14H2,1H3/t18-/m1/s1. The van der Waals surface area contributed by atoms with Crippen molar-refractivity contribution in [1.29, 1.82) is 0 Å². The number of piperidine rings is 1. The van der Waals surface area contributed by atoms with E-state index in [9.17, 15) is 0 Å². The first kappa shape index (κ1) is 21.0. The number of benzene rings is 2. The molecule has 1 saturated heterocycles. The van der Waals surface area contributed by atoms with Crippen molar-refractivity contribution in [2.24, 2.45) is 0 Å². The molecule has 5 rings (SSSR count). The minimum Gasteiger partial charge on any atom is -0.323 e. The summed E-state index contributed by atoms with van der Waals surface area (Å²) in [5, 5.41) is 6.41. The lowest BCUT2D eigenvalue weighted by molar-refractivity contribution is -0.0304. The van der Waals surface area contributed by atoms with Crippen molar-refractivity contribution in [3.8, 4) is 0 Å². The van der Waals surface area contributed by atoms with Crippen LogP contribution in [-0.2, 0) is 0 Å². The van der Waals surface area contributed by atoms with E-state index in [4.69, 9.17) is 23.2 Å². The van der Waals surface area contributed by atoms with Crippen LogP contribution in [0.5, 0.6) is 0 Å². The lowest BCUT2D eigenvalue weighted by Gasteiger charge is -2.39. The van der Waals surface area contributed by atoms with Gasteiger partial charge in [-0.15, -0.1) is 0 Å². The number of fused-ring (bicyclic) bond motifs is 1. The van der Waals surface area contributed by atoms with Crippen molar-refractivity contribution in [2.75, 3.05) is 26.2 Å². The Balaban J connectivity index is 1.41. The molecular formula is C25H28Cl2N4. The van der Waals surface area contributed by atoms with E-state index in [1.54, 1.807) is 6.07 Å². The van der Waals surface area contributed by atoms with Gasteiger partial charge in [0.1, 0.15) is 0 Å². The smallest absolute Gasteiger partial charge is 0.0964 e. The Morgan fingerprint density at radius 1 is 0.935 bits per heavy atom. The number of nitrogens with zero attached hydrogens (tertiary/aromatic N) is 4.